The molecular formula is C27H20FNO3S. The van der Waals surface area contributed by atoms with Crippen molar-refractivity contribution in [2.75, 3.05) is 6.61 Å². The molecule has 4 nitrogen and oxygen atoms in total. The number of alkyl carbamates (subject to hydrolysis) is 1. The van der Waals surface area contributed by atoms with Crippen LogP contribution >= 0.6 is 11.3 Å². The molecule has 0 saturated carbocycles. The summed E-state index contributed by atoms with van der Waals surface area (Å²) in [5.74, 6) is -0.488. The Morgan fingerprint density at radius 1 is 0.970 bits per heavy atom. The van der Waals surface area contributed by atoms with Crippen molar-refractivity contribution in [3.63, 3.8) is 0 Å². The summed E-state index contributed by atoms with van der Waals surface area (Å²) < 4.78 is 20.0. The van der Waals surface area contributed by atoms with Gasteiger partial charge in [0.1, 0.15) is 12.4 Å². The Morgan fingerprint density at radius 3 is 2.36 bits per heavy atom. The predicted octanol–water partition coefficient (Wildman–Crippen LogP) is 6.41. The zero-order valence-electron chi connectivity index (χ0n) is 17.6. The van der Waals surface area contributed by atoms with E-state index in [-0.39, 0.29) is 30.2 Å². The van der Waals surface area contributed by atoms with Gasteiger partial charge in [-0.3, -0.25) is 4.79 Å². The number of thiophene rings is 1. The highest BCUT2D eigenvalue weighted by Crippen LogP contribution is 2.44. The van der Waals surface area contributed by atoms with Gasteiger partial charge in [0.25, 0.3) is 0 Å². The first-order valence-electron chi connectivity index (χ1n) is 10.6. The van der Waals surface area contributed by atoms with Gasteiger partial charge < -0.3 is 10.1 Å². The third-order valence-corrected chi connectivity index (χ3v) is 6.89. The number of halogens is 1. The van der Waals surface area contributed by atoms with Gasteiger partial charge in [-0.2, -0.15) is 0 Å². The van der Waals surface area contributed by atoms with E-state index >= 15 is 0 Å². The summed E-state index contributed by atoms with van der Waals surface area (Å²) in [4.78, 5) is 24.5. The second-order valence-corrected chi connectivity index (χ2v) is 8.69. The Hall–Kier alpha value is -3.77. The molecule has 3 aromatic carbocycles. The van der Waals surface area contributed by atoms with E-state index in [4.69, 9.17) is 4.74 Å². The number of carbonyl (C=O) groups excluding carboxylic acids is 2. The van der Waals surface area contributed by atoms with E-state index in [1.807, 2.05) is 35.7 Å². The number of ether oxygens (including phenoxy) is 1. The summed E-state index contributed by atoms with van der Waals surface area (Å²) in [5, 5.41) is 4.57. The molecule has 1 amide bonds. The summed E-state index contributed by atoms with van der Waals surface area (Å²) in [7, 11) is 0. The second kappa shape index (κ2) is 9.00. The number of carbonyl (C=O) groups is 2. The molecule has 0 radical (unpaired) electrons. The van der Waals surface area contributed by atoms with E-state index in [0.717, 1.165) is 16.7 Å². The van der Waals surface area contributed by atoms with E-state index < -0.39 is 11.9 Å². The predicted molar refractivity (Wildman–Crippen MR) is 127 cm³/mol. The average Bonchev–Trinajstić information content (AvgIpc) is 3.43. The van der Waals surface area contributed by atoms with Crippen molar-refractivity contribution in [1.82, 2.24) is 5.32 Å². The molecule has 5 rings (SSSR count). The van der Waals surface area contributed by atoms with Crippen LogP contribution in [0.2, 0.25) is 0 Å². The number of amides is 1. The van der Waals surface area contributed by atoms with Gasteiger partial charge in [-0.1, -0.05) is 60.7 Å². The lowest BCUT2D eigenvalue weighted by Gasteiger charge is -2.15. The Labute approximate surface area is 194 Å². The van der Waals surface area contributed by atoms with Crippen LogP contribution in [0.25, 0.3) is 21.6 Å². The molecule has 4 aromatic rings. The van der Waals surface area contributed by atoms with E-state index in [1.54, 1.807) is 6.07 Å². The SMILES string of the molecule is O=Cc1cccc(F)c1-c1sccc1CNC(=O)OCC1c2ccccc2-c2ccccc21. The quantitative estimate of drug-likeness (QED) is 0.341. The molecule has 0 fully saturated rings. The first-order chi connectivity index (χ1) is 16.2. The smallest absolute Gasteiger partial charge is 0.407 e. The average molecular weight is 458 g/mol. The van der Waals surface area contributed by atoms with Crippen molar-refractivity contribution in [3.8, 4) is 21.6 Å². The highest BCUT2D eigenvalue weighted by molar-refractivity contribution is 7.13. The lowest BCUT2D eigenvalue weighted by molar-refractivity contribution is 0.112. The zero-order chi connectivity index (χ0) is 22.8. The molecule has 0 saturated heterocycles. The van der Waals surface area contributed by atoms with Crippen LogP contribution in [0.5, 0.6) is 0 Å². The fourth-order valence-corrected chi connectivity index (χ4v) is 5.38. The fourth-order valence-electron chi connectivity index (χ4n) is 4.39. The van der Waals surface area contributed by atoms with Crippen molar-refractivity contribution >= 4 is 23.7 Å². The van der Waals surface area contributed by atoms with Gasteiger partial charge >= 0.3 is 6.09 Å². The van der Waals surface area contributed by atoms with Crippen molar-refractivity contribution in [2.45, 2.75) is 12.5 Å². The zero-order valence-corrected chi connectivity index (χ0v) is 18.4. The lowest BCUT2D eigenvalue weighted by atomic mass is 9.98. The molecular weight excluding hydrogens is 437 g/mol. The number of hydrogen-bond donors (Lipinski definition) is 1. The highest BCUT2D eigenvalue weighted by atomic mass is 32.1. The van der Waals surface area contributed by atoms with Crippen LogP contribution in [0, 0.1) is 5.82 Å². The molecule has 1 aliphatic carbocycles. The molecule has 0 spiro atoms. The van der Waals surface area contributed by atoms with Gasteiger partial charge in [-0.25, -0.2) is 9.18 Å². The first-order valence-corrected chi connectivity index (χ1v) is 11.4. The molecule has 0 unspecified atom stereocenters. The first kappa shape index (κ1) is 21.1. The minimum atomic E-state index is -0.543. The van der Waals surface area contributed by atoms with Crippen LogP contribution in [0.1, 0.15) is 33.0 Å². The van der Waals surface area contributed by atoms with Crippen molar-refractivity contribution in [3.05, 3.63) is 106 Å². The summed E-state index contributed by atoms with van der Waals surface area (Å²) in [6.45, 7) is 0.390. The van der Waals surface area contributed by atoms with E-state index in [0.29, 0.717) is 11.2 Å². The van der Waals surface area contributed by atoms with Crippen molar-refractivity contribution in [1.29, 1.82) is 0 Å². The van der Waals surface area contributed by atoms with Crippen LogP contribution in [-0.2, 0) is 11.3 Å². The van der Waals surface area contributed by atoms with Crippen LogP contribution in [-0.4, -0.2) is 19.0 Å². The molecule has 0 bridgehead atoms. The van der Waals surface area contributed by atoms with Gasteiger partial charge in [0.05, 0.1) is 0 Å². The van der Waals surface area contributed by atoms with Crippen LogP contribution in [0.15, 0.2) is 78.2 Å². The number of benzene rings is 3. The third kappa shape index (κ3) is 3.94. The van der Waals surface area contributed by atoms with Crippen molar-refractivity contribution < 1.29 is 18.7 Å². The number of rotatable bonds is 6. The Balaban J connectivity index is 1.27. The molecule has 33 heavy (non-hydrogen) atoms. The summed E-state index contributed by atoms with van der Waals surface area (Å²) in [6.07, 6.45) is 0.0964. The Bertz CT molecular complexity index is 1300. The maximum absolute atomic E-state index is 14.5. The maximum atomic E-state index is 14.5. The number of fused-ring (bicyclic) bond motifs is 3. The standard InChI is InChI=1S/C27H20FNO3S/c28-24-11-5-6-18(15-30)25(24)26-17(12-13-33-26)14-29-27(31)32-16-23-21-9-3-1-7-19(21)20-8-2-4-10-22(20)23/h1-13,15,23H,14,16H2,(H,29,31). The van der Waals surface area contributed by atoms with E-state index in [2.05, 4.69) is 29.6 Å². The Kier molecular flexibility index (Phi) is 5.75. The van der Waals surface area contributed by atoms with Crippen molar-refractivity contribution in [2.24, 2.45) is 0 Å². The van der Waals surface area contributed by atoms with Gasteiger partial charge in [-0.05, 0) is 45.3 Å². The van der Waals surface area contributed by atoms with Crippen LogP contribution in [0.3, 0.4) is 0 Å². The van der Waals surface area contributed by atoms with E-state index in [9.17, 15) is 14.0 Å². The molecule has 0 aliphatic heterocycles. The number of aldehydes is 1. The fraction of sp³-hybridized carbons (Fsp3) is 0.111. The molecule has 1 aliphatic rings. The second-order valence-electron chi connectivity index (χ2n) is 7.78. The summed E-state index contributed by atoms with van der Waals surface area (Å²) >= 11 is 1.33. The minimum Gasteiger partial charge on any atom is -0.449 e. The monoisotopic (exact) mass is 457 g/mol. The number of hydrogen-bond acceptors (Lipinski definition) is 4. The lowest BCUT2D eigenvalue weighted by Crippen LogP contribution is -2.25. The highest BCUT2D eigenvalue weighted by Gasteiger charge is 2.29. The van der Waals surface area contributed by atoms with Gasteiger partial charge in [0, 0.05) is 28.5 Å². The largest absolute Gasteiger partial charge is 0.449 e. The van der Waals surface area contributed by atoms with Gasteiger partial charge in [0.2, 0.25) is 0 Å². The van der Waals surface area contributed by atoms with Crippen LogP contribution in [0.4, 0.5) is 9.18 Å². The molecule has 1 N–H and O–H groups in total. The summed E-state index contributed by atoms with van der Waals surface area (Å²) in [5.41, 5.74) is 5.88. The normalized spacial score (nSPS) is 12.2. The molecule has 0 atom stereocenters. The molecule has 1 aromatic heterocycles. The molecule has 1 heterocycles. The summed E-state index contributed by atoms with van der Waals surface area (Å²) in [6, 6.07) is 22.5. The van der Waals surface area contributed by atoms with Gasteiger partial charge in [-0.15, -0.1) is 11.3 Å². The molecule has 164 valence electrons. The minimum absolute atomic E-state index is 0.0200. The Morgan fingerprint density at radius 2 is 1.67 bits per heavy atom. The van der Waals surface area contributed by atoms with Crippen LogP contribution < -0.4 is 5.32 Å². The number of nitrogens with one attached hydrogen (secondary N) is 1. The van der Waals surface area contributed by atoms with Gasteiger partial charge in [0.15, 0.2) is 6.29 Å². The maximum Gasteiger partial charge on any atom is 0.407 e. The van der Waals surface area contributed by atoms with E-state index in [1.165, 1.54) is 34.6 Å². The topological polar surface area (TPSA) is 55.4 Å². The molecule has 6 heteroatoms. The third-order valence-electron chi connectivity index (χ3n) is 5.91.